The van der Waals surface area contributed by atoms with Crippen LogP contribution in [0.15, 0.2) is 77.9 Å². The Hall–Kier alpha value is -2.63. The van der Waals surface area contributed by atoms with Crippen molar-refractivity contribution in [3.05, 3.63) is 89.2 Å². The number of aryl methyl sites for hydroxylation is 2. The summed E-state index contributed by atoms with van der Waals surface area (Å²) in [4.78, 5) is 0.764. The van der Waals surface area contributed by atoms with E-state index in [4.69, 9.17) is 12.2 Å². The Balaban J connectivity index is 1.81. The molecule has 4 aromatic rings. The van der Waals surface area contributed by atoms with Gasteiger partial charge in [-0.15, -0.1) is 6.58 Å². The van der Waals surface area contributed by atoms with Crippen LogP contribution >= 0.6 is 28.1 Å². The van der Waals surface area contributed by atoms with Crippen LogP contribution in [0, 0.1) is 0 Å². The predicted octanol–water partition coefficient (Wildman–Crippen LogP) is 6.62. The first-order chi connectivity index (χ1) is 15.2. The molecule has 5 heteroatoms. The van der Waals surface area contributed by atoms with Crippen LogP contribution in [-0.2, 0) is 13.0 Å². The Labute approximate surface area is 196 Å². The summed E-state index contributed by atoms with van der Waals surface area (Å²) in [5, 5.41) is 3.38. The number of nitrogens with zero attached hydrogens (tertiary/aromatic N) is 2. The van der Waals surface area contributed by atoms with Gasteiger partial charge in [-0.1, -0.05) is 76.7 Å². The lowest BCUT2D eigenvalue weighted by Gasteiger charge is -2.11. The van der Waals surface area contributed by atoms with Crippen LogP contribution in [0.1, 0.15) is 24.1 Å². The number of benzene rings is 2. The van der Waals surface area contributed by atoms with Crippen molar-refractivity contribution in [3.8, 4) is 22.4 Å². The molecule has 156 valence electrons. The van der Waals surface area contributed by atoms with Crippen LogP contribution in [0.5, 0.6) is 0 Å². The third-order valence-electron chi connectivity index (χ3n) is 5.96. The van der Waals surface area contributed by atoms with E-state index < -0.39 is 0 Å². The lowest BCUT2D eigenvalue weighted by molar-refractivity contribution is 0.647. The van der Waals surface area contributed by atoms with E-state index in [9.17, 15) is 0 Å². The van der Waals surface area contributed by atoms with Gasteiger partial charge >= 0.3 is 0 Å². The van der Waals surface area contributed by atoms with Gasteiger partial charge in [0.2, 0.25) is 0 Å². The minimum Gasteiger partial charge on any atom is -0.371 e. The highest BCUT2D eigenvalue weighted by Gasteiger charge is 2.27. The average molecular weight is 490 g/mol. The molecule has 1 aliphatic heterocycles. The number of nitrogens with one attached hydrogen (secondary N) is 1. The number of aromatic nitrogens is 2. The Morgan fingerprint density at radius 2 is 1.84 bits per heavy atom. The molecule has 1 aliphatic rings. The van der Waals surface area contributed by atoms with E-state index in [1.165, 1.54) is 46.4 Å². The Morgan fingerprint density at radius 3 is 2.58 bits per heavy atom. The van der Waals surface area contributed by atoms with Crippen LogP contribution in [0.2, 0.25) is 0 Å². The first-order valence-electron chi connectivity index (χ1n) is 10.7. The molecule has 2 aromatic heterocycles. The first kappa shape index (κ1) is 20.3. The van der Waals surface area contributed by atoms with Gasteiger partial charge in [-0.05, 0) is 42.5 Å². The predicted molar refractivity (Wildman–Crippen MR) is 137 cm³/mol. The van der Waals surface area contributed by atoms with Gasteiger partial charge in [0.1, 0.15) is 10.6 Å². The molecule has 0 atom stereocenters. The van der Waals surface area contributed by atoms with E-state index in [1.54, 1.807) is 0 Å². The zero-order valence-corrected chi connectivity index (χ0v) is 19.7. The maximum atomic E-state index is 5.91. The fourth-order valence-electron chi connectivity index (χ4n) is 4.62. The summed E-state index contributed by atoms with van der Waals surface area (Å²) in [7, 11) is 0. The maximum absolute atomic E-state index is 5.91. The molecular weight excluding hydrogens is 466 g/mol. The van der Waals surface area contributed by atoms with Crippen molar-refractivity contribution in [3.63, 3.8) is 0 Å². The lowest BCUT2D eigenvalue weighted by Crippen LogP contribution is -2.24. The summed E-state index contributed by atoms with van der Waals surface area (Å²) in [6.07, 6.45) is 7.51. The van der Waals surface area contributed by atoms with Crippen molar-refractivity contribution in [1.29, 1.82) is 0 Å². The number of hydrogen-bond acceptors (Lipinski definition) is 1. The van der Waals surface area contributed by atoms with Crippen molar-refractivity contribution in [2.45, 2.75) is 25.8 Å². The van der Waals surface area contributed by atoms with Crippen molar-refractivity contribution in [1.82, 2.24) is 14.3 Å². The van der Waals surface area contributed by atoms with Crippen molar-refractivity contribution in [2.24, 2.45) is 0 Å². The molecule has 5 rings (SSSR count). The maximum Gasteiger partial charge on any atom is 0.124 e. The van der Waals surface area contributed by atoms with Gasteiger partial charge in [0.25, 0.3) is 0 Å². The Kier molecular flexibility index (Phi) is 5.55. The van der Waals surface area contributed by atoms with Crippen LogP contribution in [-0.4, -0.2) is 20.5 Å². The summed E-state index contributed by atoms with van der Waals surface area (Å²) >= 11 is 9.47. The van der Waals surface area contributed by atoms with Crippen LogP contribution in [0.3, 0.4) is 0 Å². The summed E-state index contributed by atoms with van der Waals surface area (Å²) in [5.41, 5.74) is 8.67. The highest BCUT2D eigenvalue weighted by Crippen LogP contribution is 2.39. The zero-order valence-electron chi connectivity index (χ0n) is 17.3. The highest BCUT2D eigenvalue weighted by atomic mass is 79.9. The van der Waals surface area contributed by atoms with Gasteiger partial charge in [-0.3, -0.25) is 4.40 Å². The summed E-state index contributed by atoms with van der Waals surface area (Å²) in [6.45, 7) is 5.50. The normalized spacial score (nSPS) is 13.2. The number of rotatable bonds is 5. The van der Waals surface area contributed by atoms with Gasteiger partial charge in [-0.2, -0.15) is 0 Å². The minimum atomic E-state index is 0.649. The smallest absolute Gasteiger partial charge is 0.124 e. The summed E-state index contributed by atoms with van der Waals surface area (Å²) < 4.78 is 5.89. The zero-order chi connectivity index (χ0) is 21.4. The summed E-state index contributed by atoms with van der Waals surface area (Å²) in [6, 6.07) is 19.2. The molecule has 3 heterocycles. The highest BCUT2D eigenvalue weighted by molar-refractivity contribution is 9.10. The average Bonchev–Trinajstić information content (AvgIpc) is 3.21. The molecule has 0 spiro atoms. The fourth-order valence-corrected chi connectivity index (χ4v) is 5.17. The number of thiocarbonyl (C=S) groups is 1. The second kappa shape index (κ2) is 8.48. The summed E-state index contributed by atoms with van der Waals surface area (Å²) in [5.74, 6) is 0. The van der Waals surface area contributed by atoms with Crippen LogP contribution in [0.4, 0.5) is 0 Å². The molecule has 0 amide bonds. The molecule has 3 nitrogen and oxygen atoms in total. The van der Waals surface area contributed by atoms with Crippen molar-refractivity contribution >= 4 is 38.8 Å². The number of hydrogen-bond donors (Lipinski definition) is 1. The molecule has 0 radical (unpaired) electrons. The largest absolute Gasteiger partial charge is 0.371 e. The van der Waals surface area contributed by atoms with E-state index in [0.29, 0.717) is 6.54 Å². The van der Waals surface area contributed by atoms with Gasteiger partial charge in [0, 0.05) is 34.9 Å². The second-order valence-electron chi connectivity index (χ2n) is 7.89. The van der Waals surface area contributed by atoms with Crippen molar-refractivity contribution < 1.29 is 0 Å². The Bertz CT molecular complexity index is 1270. The SMILES string of the molecule is C=CCNC(=S)c1c(-c2ccccc2)c2c3n(c(-c4ccc(Br)cc4)cn13)CCCC2. The molecule has 0 saturated carbocycles. The van der Waals surface area contributed by atoms with Gasteiger partial charge in [-0.25, -0.2) is 0 Å². The second-order valence-corrected chi connectivity index (χ2v) is 9.21. The van der Waals surface area contributed by atoms with E-state index in [2.05, 4.69) is 97.6 Å². The molecular formula is C26H24BrN3S. The van der Waals surface area contributed by atoms with Gasteiger partial charge in [0.05, 0.1) is 11.4 Å². The van der Waals surface area contributed by atoms with E-state index in [1.807, 2.05) is 6.08 Å². The fraction of sp³-hybridized carbons (Fsp3) is 0.192. The lowest BCUT2D eigenvalue weighted by atomic mass is 9.98. The Morgan fingerprint density at radius 1 is 1.06 bits per heavy atom. The standard InChI is InChI=1S/C26H24BrN3S/c1-2-15-28-25(31)24-23(19-8-4-3-5-9-19)21-10-6-7-16-29-22(17-30(24)26(21)29)18-11-13-20(27)14-12-18/h2-5,8-9,11-14,17H,1,6-7,10,15-16H2,(H,28,31). The monoisotopic (exact) mass is 489 g/mol. The topological polar surface area (TPSA) is 21.4 Å². The molecule has 0 bridgehead atoms. The molecule has 0 fully saturated rings. The molecule has 0 saturated heterocycles. The van der Waals surface area contributed by atoms with Crippen LogP contribution < -0.4 is 5.32 Å². The number of halogens is 1. The first-order valence-corrected chi connectivity index (χ1v) is 11.9. The molecule has 1 N–H and O–H groups in total. The quantitative estimate of drug-likeness (QED) is 0.251. The molecule has 2 aromatic carbocycles. The molecule has 0 aliphatic carbocycles. The van der Waals surface area contributed by atoms with Gasteiger partial charge < -0.3 is 9.88 Å². The van der Waals surface area contributed by atoms with Gasteiger partial charge in [0.15, 0.2) is 0 Å². The third kappa shape index (κ3) is 3.56. The van der Waals surface area contributed by atoms with E-state index in [-0.39, 0.29) is 0 Å². The van der Waals surface area contributed by atoms with Crippen molar-refractivity contribution in [2.75, 3.05) is 6.54 Å². The molecule has 31 heavy (non-hydrogen) atoms. The molecule has 0 unspecified atom stereocenters. The van der Waals surface area contributed by atoms with E-state index >= 15 is 0 Å². The van der Waals surface area contributed by atoms with E-state index in [0.717, 1.165) is 28.1 Å². The third-order valence-corrected chi connectivity index (χ3v) is 6.82. The minimum absolute atomic E-state index is 0.649. The van der Waals surface area contributed by atoms with Crippen LogP contribution in [0.25, 0.3) is 28.0 Å². The number of imidazole rings is 1.